The maximum Gasteiger partial charge on any atom is 0.241 e. The van der Waals surface area contributed by atoms with Gasteiger partial charge in [0.2, 0.25) is 5.91 Å². The molecule has 0 aliphatic carbocycles. The number of hydrogen-bond donors (Lipinski definition) is 1. The van der Waals surface area contributed by atoms with Crippen LogP contribution in [-0.4, -0.2) is 42.5 Å². The molecule has 0 bridgehead atoms. The molecule has 1 aliphatic rings. The minimum Gasteiger partial charge on any atom is -0.399 e. The fourth-order valence-electron chi connectivity index (χ4n) is 1.85. The van der Waals surface area contributed by atoms with Crippen LogP contribution in [0.2, 0.25) is 5.15 Å². The molecule has 1 amide bonds. The second-order valence-electron chi connectivity index (χ2n) is 4.17. The van der Waals surface area contributed by atoms with E-state index in [2.05, 4.69) is 4.98 Å². The molecule has 92 valence electrons. The number of amides is 1. The van der Waals surface area contributed by atoms with Crippen LogP contribution in [0.3, 0.4) is 0 Å². The summed E-state index contributed by atoms with van der Waals surface area (Å²) in [7, 11) is 1.81. The third kappa shape index (κ3) is 2.79. The quantitative estimate of drug-likeness (QED) is 0.759. The highest BCUT2D eigenvalue weighted by molar-refractivity contribution is 6.29. The van der Waals surface area contributed by atoms with Crippen LogP contribution in [0.25, 0.3) is 0 Å². The van der Waals surface area contributed by atoms with Crippen molar-refractivity contribution < 1.29 is 4.79 Å². The zero-order valence-corrected chi connectivity index (χ0v) is 10.4. The first-order chi connectivity index (χ1) is 8.06. The molecule has 0 radical (unpaired) electrons. The van der Waals surface area contributed by atoms with Gasteiger partial charge in [0, 0.05) is 31.9 Å². The van der Waals surface area contributed by atoms with Crippen molar-refractivity contribution in [2.45, 2.75) is 6.42 Å². The van der Waals surface area contributed by atoms with E-state index in [1.165, 1.54) is 0 Å². The van der Waals surface area contributed by atoms with Crippen LogP contribution in [0, 0.1) is 0 Å². The second kappa shape index (κ2) is 4.79. The second-order valence-corrected chi connectivity index (χ2v) is 4.56. The Bertz CT molecular complexity index is 417. The van der Waals surface area contributed by atoms with Gasteiger partial charge in [-0.3, -0.25) is 4.79 Å². The third-order valence-electron chi connectivity index (χ3n) is 2.80. The Labute approximate surface area is 105 Å². The molecule has 2 rings (SSSR count). The molecule has 1 fully saturated rings. The van der Waals surface area contributed by atoms with Gasteiger partial charge in [-0.25, -0.2) is 4.98 Å². The Morgan fingerprint density at radius 1 is 1.41 bits per heavy atom. The van der Waals surface area contributed by atoms with Crippen molar-refractivity contribution in [3.8, 4) is 0 Å². The SMILES string of the molecule is CN1CCCN(c2cc(N)cc(Cl)n2)CC1=O. The number of nitrogens with zero attached hydrogens (tertiary/aromatic N) is 3. The lowest BCUT2D eigenvalue weighted by molar-refractivity contribution is -0.127. The Morgan fingerprint density at radius 3 is 2.88 bits per heavy atom. The number of likely N-dealkylation sites (N-methyl/N-ethyl adjacent to an activating group) is 1. The summed E-state index contributed by atoms with van der Waals surface area (Å²) in [6.45, 7) is 1.87. The van der Waals surface area contributed by atoms with Crippen LogP contribution >= 0.6 is 11.6 Å². The highest BCUT2D eigenvalue weighted by Crippen LogP contribution is 2.20. The lowest BCUT2D eigenvalue weighted by Gasteiger charge is -2.21. The zero-order valence-electron chi connectivity index (χ0n) is 9.69. The lowest BCUT2D eigenvalue weighted by Crippen LogP contribution is -2.34. The van der Waals surface area contributed by atoms with Gasteiger partial charge < -0.3 is 15.5 Å². The number of aromatic nitrogens is 1. The Kier molecular flexibility index (Phi) is 3.38. The molecule has 1 aliphatic heterocycles. The lowest BCUT2D eigenvalue weighted by atomic mass is 10.3. The monoisotopic (exact) mass is 254 g/mol. The molecule has 0 aromatic carbocycles. The number of carbonyl (C=O) groups is 1. The van der Waals surface area contributed by atoms with Crippen LogP contribution in [0.1, 0.15) is 6.42 Å². The molecular weight excluding hydrogens is 240 g/mol. The summed E-state index contributed by atoms with van der Waals surface area (Å²) in [4.78, 5) is 19.6. The molecule has 0 spiro atoms. The third-order valence-corrected chi connectivity index (χ3v) is 2.99. The maximum absolute atomic E-state index is 11.8. The number of hydrogen-bond acceptors (Lipinski definition) is 4. The van der Waals surface area contributed by atoms with Gasteiger partial charge in [-0.2, -0.15) is 0 Å². The summed E-state index contributed by atoms with van der Waals surface area (Å²) in [5.41, 5.74) is 6.28. The van der Waals surface area contributed by atoms with Crippen molar-refractivity contribution in [2.24, 2.45) is 0 Å². The van der Waals surface area contributed by atoms with E-state index >= 15 is 0 Å². The van der Waals surface area contributed by atoms with Gasteiger partial charge in [0.25, 0.3) is 0 Å². The number of pyridine rings is 1. The van der Waals surface area contributed by atoms with E-state index in [1.807, 2.05) is 11.9 Å². The molecule has 0 saturated carbocycles. The van der Waals surface area contributed by atoms with E-state index in [9.17, 15) is 4.79 Å². The average Bonchev–Trinajstić information content (AvgIpc) is 2.40. The molecule has 1 aromatic rings. The van der Waals surface area contributed by atoms with Crippen molar-refractivity contribution in [2.75, 3.05) is 37.3 Å². The number of nitrogen functional groups attached to an aromatic ring is 1. The van der Waals surface area contributed by atoms with E-state index in [-0.39, 0.29) is 5.91 Å². The molecule has 17 heavy (non-hydrogen) atoms. The molecule has 0 atom stereocenters. The fourth-order valence-corrected chi connectivity index (χ4v) is 2.06. The van der Waals surface area contributed by atoms with Crippen molar-refractivity contribution >= 4 is 29.0 Å². The van der Waals surface area contributed by atoms with Crippen molar-refractivity contribution in [1.82, 2.24) is 9.88 Å². The summed E-state index contributed by atoms with van der Waals surface area (Å²) in [6, 6.07) is 3.33. The molecule has 2 N–H and O–H groups in total. The van der Waals surface area contributed by atoms with Crippen molar-refractivity contribution in [3.05, 3.63) is 17.3 Å². The zero-order chi connectivity index (χ0) is 12.4. The summed E-state index contributed by atoms with van der Waals surface area (Å²) < 4.78 is 0. The Balaban J connectivity index is 2.23. The fraction of sp³-hybridized carbons (Fsp3) is 0.455. The van der Waals surface area contributed by atoms with E-state index in [1.54, 1.807) is 17.0 Å². The number of nitrogens with two attached hydrogens (primary N) is 1. The van der Waals surface area contributed by atoms with Crippen LogP contribution in [0.15, 0.2) is 12.1 Å². The van der Waals surface area contributed by atoms with E-state index in [0.717, 1.165) is 19.5 Å². The Hall–Kier alpha value is -1.49. The van der Waals surface area contributed by atoms with Crippen LogP contribution in [0.5, 0.6) is 0 Å². The van der Waals surface area contributed by atoms with Crippen molar-refractivity contribution in [3.63, 3.8) is 0 Å². The molecule has 6 heteroatoms. The first kappa shape index (κ1) is 12.0. The van der Waals surface area contributed by atoms with Gasteiger partial charge in [0.05, 0.1) is 6.54 Å². The largest absolute Gasteiger partial charge is 0.399 e. The van der Waals surface area contributed by atoms with Crippen LogP contribution in [0.4, 0.5) is 11.5 Å². The standard InChI is InChI=1S/C11H15ClN4O/c1-15-3-2-4-16(7-11(15)17)10-6-8(13)5-9(12)14-10/h5-6H,2-4,7H2,1H3,(H2,13,14). The number of halogens is 1. The topological polar surface area (TPSA) is 62.5 Å². The van der Waals surface area contributed by atoms with Gasteiger partial charge in [-0.15, -0.1) is 0 Å². The predicted octanol–water partition coefficient (Wildman–Crippen LogP) is 0.986. The van der Waals surface area contributed by atoms with Gasteiger partial charge in [0.1, 0.15) is 11.0 Å². The van der Waals surface area contributed by atoms with Gasteiger partial charge in [-0.1, -0.05) is 11.6 Å². The van der Waals surface area contributed by atoms with E-state index in [0.29, 0.717) is 23.2 Å². The molecular formula is C11H15ClN4O. The van der Waals surface area contributed by atoms with Crippen molar-refractivity contribution in [1.29, 1.82) is 0 Å². The first-order valence-corrected chi connectivity index (χ1v) is 5.86. The average molecular weight is 255 g/mol. The molecule has 1 saturated heterocycles. The van der Waals surface area contributed by atoms with E-state index < -0.39 is 0 Å². The smallest absolute Gasteiger partial charge is 0.241 e. The number of carbonyl (C=O) groups excluding carboxylic acids is 1. The Morgan fingerprint density at radius 2 is 2.18 bits per heavy atom. The molecule has 2 heterocycles. The van der Waals surface area contributed by atoms with Crippen LogP contribution < -0.4 is 10.6 Å². The van der Waals surface area contributed by atoms with Gasteiger partial charge >= 0.3 is 0 Å². The van der Waals surface area contributed by atoms with Gasteiger partial charge in [-0.05, 0) is 12.5 Å². The van der Waals surface area contributed by atoms with Crippen LogP contribution in [-0.2, 0) is 4.79 Å². The minimum absolute atomic E-state index is 0.0860. The first-order valence-electron chi connectivity index (χ1n) is 5.48. The highest BCUT2D eigenvalue weighted by Gasteiger charge is 2.20. The summed E-state index contributed by atoms with van der Waals surface area (Å²) in [6.07, 6.45) is 0.913. The number of anilines is 2. The summed E-state index contributed by atoms with van der Waals surface area (Å²) in [5.74, 6) is 0.751. The maximum atomic E-state index is 11.8. The predicted molar refractivity (Wildman–Crippen MR) is 68.1 cm³/mol. The molecule has 5 nitrogen and oxygen atoms in total. The van der Waals surface area contributed by atoms with E-state index in [4.69, 9.17) is 17.3 Å². The summed E-state index contributed by atoms with van der Waals surface area (Å²) in [5, 5.41) is 0.352. The molecule has 1 aromatic heterocycles. The minimum atomic E-state index is 0.0860. The molecule has 0 unspecified atom stereocenters. The normalized spacial score (nSPS) is 17.2. The summed E-state index contributed by atoms with van der Waals surface area (Å²) >= 11 is 5.86. The number of rotatable bonds is 1. The highest BCUT2D eigenvalue weighted by atomic mass is 35.5. The van der Waals surface area contributed by atoms with Gasteiger partial charge in [0.15, 0.2) is 0 Å².